The van der Waals surface area contributed by atoms with E-state index in [0.29, 0.717) is 6.54 Å². The van der Waals surface area contributed by atoms with Crippen LogP contribution in [-0.4, -0.2) is 17.7 Å². The monoisotopic (exact) mass is 310 g/mol. The Balaban J connectivity index is 1.79. The molecule has 2 aromatic rings. The fourth-order valence-electron chi connectivity index (χ4n) is 1.73. The van der Waals surface area contributed by atoms with Crippen LogP contribution in [0.3, 0.4) is 0 Å². The molecular weight excluding hydrogens is 292 g/mol. The molecule has 1 atom stereocenters. The summed E-state index contributed by atoms with van der Waals surface area (Å²) in [4.78, 5) is 13.7. The standard InChI is InChI=1S/C14H18N2O2S2/c1-10-5-7-19-11(10)8-15-13(17)16-9-14(2,18)12-4-3-6-20-12/h3-7,18H,8-9H2,1-2H3,(H2,15,16,17)/t14-/m0/s1. The van der Waals surface area contributed by atoms with Crippen LogP contribution in [0.2, 0.25) is 0 Å². The molecule has 2 amide bonds. The molecule has 0 fully saturated rings. The number of nitrogens with one attached hydrogen (secondary N) is 2. The average molecular weight is 310 g/mol. The highest BCUT2D eigenvalue weighted by Crippen LogP contribution is 2.24. The van der Waals surface area contributed by atoms with Crippen LogP contribution < -0.4 is 10.6 Å². The van der Waals surface area contributed by atoms with Crippen LogP contribution in [0.1, 0.15) is 22.2 Å². The molecular formula is C14H18N2O2S2. The van der Waals surface area contributed by atoms with Crippen molar-refractivity contribution in [1.82, 2.24) is 10.6 Å². The molecule has 0 aliphatic heterocycles. The Bertz CT molecular complexity index is 562. The lowest BCUT2D eigenvalue weighted by atomic mass is 10.1. The van der Waals surface area contributed by atoms with Crippen molar-refractivity contribution in [3.05, 3.63) is 44.3 Å². The highest BCUT2D eigenvalue weighted by atomic mass is 32.1. The molecule has 0 aliphatic carbocycles. The van der Waals surface area contributed by atoms with Gasteiger partial charge in [-0.3, -0.25) is 0 Å². The maximum absolute atomic E-state index is 11.7. The van der Waals surface area contributed by atoms with E-state index in [-0.39, 0.29) is 12.6 Å². The van der Waals surface area contributed by atoms with Gasteiger partial charge < -0.3 is 15.7 Å². The van der Waals surface area contributed by atoms with Crippen LogP contribution in [0.4, 0.5) is 4.79 Å². The lowest BCUT2D eigenvalue weighted by Gasteiger charge is -2.22. The van der Waals surface area contributed by atoms with Crippen LogP contribution in [0.15, 0.2) is 29.0 Å². The number of carbonyl (C=O) groups excluding carboxylic acids is 1. The summed E-state index contributed by atoms with van der Waals surface area (Å²) in [5.74, 6) is 0. The lowest BCUT2D eigenvalue weighted by molar-refractivity contribution is 0.0631. The van der Waals surface area contributed by atoms with Gasteiger partial charge in [0.25, 0.3) is 0 Å². The van der Waals surface area contributed by atoms with E-state index in [1.54, 1.807) is 18.3 Å². The van der Waals surface area contributed by atoms with Crippen molar-refractivity contribution in [2.75, 3.05) is 6.54 Å². The van der Waals surface area contributed by atoms with Gasteiger partial charge in [-0.2, -0.15) is 0 Å². The minimum atomic E-state index is -1.04. The first-order chi connectivity index (χ1) is 9.49. The van der Waals surface area contributed by atoms with Gasteiger partial charge in [-0.25, -0.2) is 4.79 Å². The zero-order chi connectivity index (χ0) is 14.6. The van der Waals surface area contributed by atoms with Crippen LogP contribution in [0, 0.1) is 6.92 Å². The highest BCUT2D eigenvalue weighted by Gasteiger charge is 2.24. The number of aryl methyl sites for hydroxylation is 1. The Hall–Kier alpha value is -1.37. The zero-order valence-electron chi connectivity index (χ0n) is 11.5. The lowest BCUT2D eigenvalue weighted by Crippen LogP contribution is -2.42. The Morgan fingerprint density at radius 1 is 1.30 bits per heavy atom. The van der Waals surface area contributed by atoms with Gasteiger partial charge in [-0.1, -0.05) is 6.07 Å². The third-order valence-corrected chi connectivity index (χ3v) is 5.17. The number of hydrogen-bond donors (Lipinski definition) is 3. The number of hydrogen-bond acceptors (Lipinski definition) is 4. The van der Waals surface area contributed by atoms with E-state index in [9.17, 15) is 9.90 Å². The molecule has 0 radical (unpaired) electrons. The number of thiophene rings is 2. The molecule has 3 N–H and O–H groups in total. The summed E-state index contributed by atoms with van der Waals surface area (Å²) in [6, 6.07) is 5.50. The second kappa shape index (κ2) is 6.39. The van der Waals surface area contributed by atoms with Gasteiger partial charge >= 0.3 is 6.03 Å². The molecule has 2 rings (SSSR count). The van der Waals surface area contributed by atoms with Crippen LogP contribution in [0.5, 0.6) is 0 Å². The second-order valence-corrected chi connectivity index (χ2v) is 6.76. The third kappa shape index (κ3) is 3.82. The number of carbonyl (C=O) groups is 1. The molecule has 20 heavy (non-hydrogen) atoms. The number of aliphatic hydroxyl groups is 1. The first-order valence-electron chi connectivity index (χ1n) is 6.30. The zero-order valence-corrected chi connectivity index (χ0v) is 13.1. The van der Waals surface area contributed by atoms with Crippen molar-refractivity contribution >= 4 is 28.7 Å². The van der Waals surface area contributed by atoms with Crippen LogP contribution >= 0.6 is 22.7 Å². The molecule has 2 aromatic heterocycles. The number of rotatable bonds is 5. The van der Waals surface area contributed by atoms with Gasteiger partial charge in [-0.15, -0.1) is 22.7 Å². The molecule has 0 saturated carbocycles. The van der Waals surface area contributed by atoms with E-state index in [0.717, 1.165) is 9.75 Å². The minimum Gasteiger partial charge on any atom is -0.383 e. The predicted octanol–water partition coefficient (Wildman–Crippen LogP) is 2.82. The molecule has 108 valence electrons. The first-order valence-corrected chi connectivity index (χ1v) is 8.06. The largest absolute Gasteiger partial charge is 0.383 e. The SMILES string of the molecule is Cc1ccsc1CNC(=O)NC[C@](C)(O)c1cccs1. The van der Waals surface area contributed by atoms with E-state index >= 15 is 0 Å². The van der Waals surface area contributed by atoms with E-state index in [1.807, 2.05) is 35.9 Å². The van der Waals surface area contributed by atoms with E-state index < -0.39 is 5.60 Å². The van der Waals surface area contributed by atoms with Crippen LogP contribution in [0.25, 0.3) is 0 Å². The maximum Gasteiger partial charge on any atom is 0.315 e. The Kier molecular flexibility index (Phi) is 4.80. The van der Waals surface area contributed by atoms with Crippen molar-refractivity contribution in [2.24, 2.45) is 0 Å². The van der Waals surface area contributed by atoms with E-state index in [1.165, 1.54) is 16.9 Å². The quantitative estimate of drug-likeness (QED) is 0.795. The predicted molar refractivity (Wildman–Crippen MR) is 83.2 cm³/mol. The smallest absolute Gasteiger partial charge is 0.315 e. The molecule has 6 heteroatoms. The maximum atomic E-state index is 11.7. The normalized spacial score (nSPS) is 13.8. The average Bonchev–Trinajstić information content (AvgIpc) is 3.05. The molecule has 0 aliphatic rings. The fraction of sp³-hybridized carbons (Fsp3) is 0.357. The van der Waals surface area contributed by atoms with Gasteiger partial charge in [0.05, 0.1) is 13.1 Å². The first kappa shape index (κ1) is 15.0. The summed E-state index contributed by atoms with van der Waals surface area (Å²) in [6.07, 6.45) is 0. The second-order valence-electron chi connectivity index (χ2n) is 4.81. The number of urea groups is 1. The summed E-state index contributed by atoms with van der Waals surface area (Å²) in [5, 5.41) is 19.7. The summed E-state index contributed by atoms with van der Waals surface area (Å²) in [5.41, 5.74) is 0.144. The third-order valence-electron chi connectivity index (χ3n) is 3.02. The van der Waals surface area contributed by atoms with Crippen molar-refractivity contribution in [2.45, 2.75) is 26.0 Å². The molecule has 0 aromatic carbocycles. The molecule has 2 heterocycles. The number of amides is 2. The van der Waals surface area contributed by atoms with Crippen molar-refractivity contribution in [3.8, 4) is 0 Å². The van der Waals surface area contributed by atoms with Crippen LogP contribution in [-0.2, 0) is 12.1 Å². The van der Waals surface area contributed by atoms with Crippen molar-refractivity contribution in [3.63, 3.8) is 0 Å². The summed E-state index contributed by atoms with van der Waals surface area (Å²) < 4.78 is 0. The van der Waals surface area contributed by atoms with Gasteiger partial charge in [0.2, 0.25) is 0 Å². The topological polar surface area (TPSA) is 61.4 Å². The van der Waals surface area contributed by atoms with Gasteiger partial charge in [0.1, 0.15) is 5.60 Å². The van der Waals surface area contributed by atoms with E-state index in [4.69, 9.17) is 0 Å². The molecule has 0 unspecified atom stereocenters. The molecule has 0 bridgehead atoms. The summed E-state index contributed by atoms with van der Waals surface area (Å²) in [7, 11) is 0. The molecule has 0 saturated heterocycles. The van der Waals surface area contributed by atoms with Gasteiger partial charge in [0, 0.05) is 9.75 Å². The van der Waals surface area contributed by atoms with Gasteiger partial charge in [0.15, 0.2) is 0 Å². The summed E-state index contributed by atoms with van der Waals surface area (Å²) in [6.45, 7) is 4.41. The van der Waals surface area contributed by atoms with E-state index in [2.05, 4.69) is 10.6 Å². The Morgan fingerprint density at radius 3 is 2.70 bits per heavy atom. The fourth-order valence-corrected chi connectivity index (χ4v) is 3.37. The molecule has 4 nitrogen and oxygen atoms in total. The van der Waals surface area contributed by atoms with Crippen molar-refractivity contribution in [1.29, 1.82) is 0 Å². The summed E-state index contributed by atoms with van der Waals surface area (Å²) >= 11 is 3.10. The molecule has 0 spiro atoms. The highest BCUT2D eigenvalue weighted by molar-refractivity contribution is 7.10. The van der Waals surface area contributed by atoms with Crippen molar-refractivity contribution < 1.29 is 9.90 Å². The minimum absolute atomic E-state index is 0.183. The Labute approximate surface area is 126 Å². The van der Waals surface area contributed by atoms with Gasteiger partial charge in [-0.05, 0) is 42.3 Å². The Morgan fingerprint density at radius 2 is 2.10 bits per heavy atom.